The fourth-order valence-electron chi connectivity index (χ4n) is 3.46. The SMILES string of the molecule is CC/C(C)=C/C(C(N)=O)=C(\C=C(/C)Nc1ccc(C=O)cc1)NCc1ccccc1.CNCc1ccccn1. The van der Waals surface area contributed by atoms with Crippen LogP contribution >= 0.6 is 0 Å². The number of primary amides is 1. The smallest absolute Gasteiger partial charge is 0.250 e. The van der Waals surface area contributed by atoms with Gasteiger partial charge in [0.25, 0.3) is 5.91 Å². The van der Waals surface area contributed by atoms with Crippen molar-refractivity contribution >= 4 is 17.9 Å². The first-order valence-corrected chi connectivity index (χ1v) is 12.9. The van der Waals surface area contributed by atoms with Gasteiger partial charge in [0.2, 0.25) is 0 Å². The number of pyridine rings is 1. The van der Waals surface area contributed by atoms with Crippen LogP contribution in [0.3, 0.4) is 0 Å². The number of allylic oxidation sites excluding steroid dienone is 3. The molecule has 0 aliphatic carbocycles. The van der Waals surface area contributed by atoms with E-state index >= 15 is 0 Å². The minimum absolute atomic E-state index is 0.433. The van der Waals surface area contributed by atoms with E-state index in [0.29, 0.717) is 23.4 Å². The van der Waals surface area contributed by atoms with Crippen LogP contribution in [-0.2, 0) is 17.9 Å². The van der Waals surface area contributed by atoms with E-state index in [2.05, 4.69) is 20.9 Å². The molecule has 1 heterocycles. The number of carbonyl (C=O) groups is 2. The summed E-state index contributed by atoms with van der Waals surface area (Å²) in [5.41, 5.74) is 12.3. The number of hydrogen-bond acceptors (Lipinski definition) is 6. The lowest BCUT2D eigenvalue weighted by Crippen LogP contribution is -2.21. The molecule has 0 unspecified atom stereocenters. The summed E-state index contributed by atoms with van der Waals surface area (Å²) in [5.74, 6) is -0.488. The number of nitrogens with two attached hydrogens (primary N) is 1. The second kappa shape index (κ2) is 17.1. The lowest BCUT2D eigenvalue weighted by atomic mass is 10.1. The summed E-state index contributed by atoms with van der Waals surface area (Å²) in [6, 6.07) is 23.0. The molecule has 0 atom stereocenters. The van der Waals surface area contributed by atoms with Crippen LogP contribution in [-0.4, -0.2) is 24.2 Å². The number of amides is 1. The molecule has 2 aromatic carbocycles. The first-order valence-electron chi connectivity index (χ1n) is 12.9. The number of aromatic nitrogens is 1. The highest BCUT2D eigenvalue weighted by Crippen LogP contribution is 2.16. The van der Waals surface area contributed by atoms with Gasteiger partial charge in [-0.1, -0.05) is 48.9 Å². The van der Waals surface area contributed by atoms with Crippen LogP contribution in [0.4, 0.5) is 5.69 Å². The first kappa shape index (κ1) is 30.7. The zero-order valence-corrected chi connectivity index (χ0v) is 23.2. The molecule has 0 aliphatic rings. The van der Waals surface area contributed by atoms with Crippen molar-refractivity contribution in [1.82, 2.24) is 15.6 Å². The third-order valence-corrected chi connectivity index (χ3v) is 5.66. The van der Waals surface area contributed by atoms with Gasteiger partial charge in [-0.3, -0.25) is 14.6 Å². The van der Waals surface area contributed by atoms with Gasteiger partial charge in [-0.2, -0.15) is 0 Å². The summed E-state index contributed by atoms with van der Waals surface area (Å²) < 4.78 is 0. The Morgan fingerprint density at radius 3 is 2.18 bits per heavy atom. The van der Waals surface area contributed by atoms with Crippen LogP contribution in [0.1, 0.15) is 48.8 Å². The number of carbonyl (C=O) groups excluding carboxylic acids is 2. The third kappa shape index (κ3) is 11.6. The molecule has 5 N–H and O–H groups in total. The molecule has 7 nitrogen and oxygen atoms in total. The molecule has 0 radical (unpaired) electrons. The average Bonchev–Trinajstić information content (AvgIpc) is 2.96. The first-order chi connectivity index (χ1) is 18.9. The van der Waals surface area contributed by atoms with Gasteiger partial charge in [0.05, 0.1) is 11.3 Å². The largest absolute Gasteiger partial charge is 0.380 e. The van der Waals surface area contributed by atoms with E-state index in [1.807, 2.05) is 101 Å². The Balaban J connectivity index is 0.000000499. The normalized spacial score (nSPS) is 12.0. The Morgan fingerprint density at radius 1 is 0.923 bits per heavy atom. The summed E-state index contributed by atoms with van der Waals surface area (Å²) in [6.07, 6.45) is 7.14. The molecular weight excluding hydrogens is 486 g/mol. The Morgan fingerprint density at radius 2 is 1.62 bits per heavy atom. The zero-order chi connectivity index (χ0) is 28.5. The highest BCUT2D eigenvalue weighted by molar-refractivity contribution is 5.96. The molecule has 0 fully saturated rings. The summed E-state index contributed by atoms with van der Waals surface area (Å²) in [4.78, 5) is 27.1. The fourth-order valence-corrected chi connectivity index (χ4v) is 3.46. The van der Waals surface area contributed by atoms with Gasteiger partial charge in [-0.05, 0) is 81.4 Å². The summed E-state index contributed by atoms with van der Waals surface area (Å²) in [6.45, 7) is 7.33. The molecule has 0 spiro atoms. The van der Waals surface area contributed by atoms with Crippen LogP contribution in [0.15, 0.2) is 114 Å². The number of nitrogens with zero attached hydrogens (tertiary/aromatic N) is 1. The van der Waals surface area contributed by atoms with Crippen LogP contribution < -0.4 is 21.7 Å². The molecule has 3 aromatic rings. The monoisotopic (exact) mass is 525 g/mol. The second-order valence-electron chi connectivity index (χ2n) is 8.92. The molecule has 39 heavy (non-hydrogen) atoms. The van der Waals surface area contributed by atoms with Gasteiger partial charge in [-0.25, -0.2) is 0 Å². The number of nitrogens with one attached hydrogen (secondary N) is 3. The van der Waals surface area contributed by atoms with Crippen molar-refractivity contribution in [3.63, 3.8) is 0 Å². The van der Waals surface area contributed by atoms with Crippen molar-refractivity contribution in [3.05, 3.63) is 131 Å². The van der Waals surface area contributed by atoms with Gasteiger partial charge in [0.1, 0.15) is 6.29 Å². The Bertz CT molecular complexity index is 1260. The molecule has 0 saturated heterocycles. The number of rotatable bonds is 12. The molecule has 1 aromatic heterocycles. The predicted octanol–water partition coefficient (Wildman–Crippen LogP) is 5.50. The van der Waals surface area contributed by atoms with Crippen molar-refractivity contribution < 1.29 is 9.59 Å². The lowest BCUT2D eigenvalue weighted by molar-refractivity contribution is -0.114. The maximum atomic E-state index is 12.2. The van der Waals surface area contributed by atoms with E-state index in [-0.39, 0.29) is 0 Å². The number of anilines is 1. The number of aldehydes is 1. The standard InChI is InChI=1S/C25H29N3O2.C7H10N2/c1-4-18(2)14-23(25(26)30)24(27-16-20-8-6-5-7-9-20)15-19(3)28-22-12-10-21(17-29)11-13-22;1-8-6-7-4-2-3-5-9-7/h5-15,17,27-28H,4,16H2,1-3H3,(H2,26,30);2-5,8H,6H2,1H3/b18-14+,19-15+,24-23-;. The van der Waals surface area contributed by atoms with Gasteiger partial charge >= 0.3 is 0 Å². The van der Waals surface area contributed by atoms with Gasteiger partial charge in [0.15, 0.2) is 0 Å². The summed E-state index contributed by atoms with van der Waals surface area (Å²) >= 11 is 0. The van der Waals surface area contributed by atoms with E-state index in [4.69, 9.17) is 5.73 Å². The molecule has 204 valence electrons. The van der Waals surface area contributed by atoms with E-state index in [0.717, 1.165) is 47.5 Å². The van der Waals surface area contributed by atoms with Gasteiger partial charge in [-0.15, -0.1) is 0 Å². The minimum atomic E-state index is -0.488. The second-order valence-corrected chi connectivity index (χ2v) is 8.92. The molecule has 0 bridgehead atoms. The number of benzene rings is 2. The van der Waals surface area contributed by atoms with E-state index in [1.54, 1.807) is 18.3 Å². The summed E-state index contributed by atoms with van der Waals surface area (Å²) in [7, 11) is 1.91. The average molecular weight is 526 g/mol. The van der Waals surface area contributed by atoms with Gasteiger partial charge < -0.3 is 21.7 Å². The van der Waals surface area contributed by atoms with Crippen molar-refractivity contribution in [2.75, 3.05) is 12.4 Å². The maximum absolute atomic E-state index is 12.2. The van der Waals surface area contributed by atoms with E-state index in [1.165, 1.54) is 0 Å². The highest BCUT2D eigenvalue weighted by atomic mass is 16.1. The molecule has 0 aliphatic heterocycles. The molecular formula is C32H39N5O2. The lowest BCUT2D eigenvalue weighted by Gasteiger charge is -2.14. The number of hydrogen-bond donors (Lipinski definition) is 4. The maximum Gasteiger partial charge on any atom is 0.250 e. The van der Waals surface area contributed by atoms with Crippen LogP contribution in [0.2, 0.25) is 0 Å². The van der Waals surface area contributed by atoms with Crippen molar-refractivity contribution in [1.29, 1.82) is 0 Å². The minimum Gasteiger partial charge on any atom is -0.380 e. The molecule has 0 saturated carbocycles. The Hall–Kier alpha value is -4.49. The van der Waals surface area contributed by atoms with E-state index in [9.17, 15) is 9.59 Å². The predicted molar refractivity (Wildman–Crippen MR) is 160 cm³/mol. The van der Waals surface area contributed by atoms with Crippen LogP contribution in [0, 0.1) is 0 Å². The van der Waals surface area contributed by atoms with E-state index < -0.39 is 5.91 Å². The third-order valence-electron chi connectivity index (χ3n) is 5.66. The fraction of sp³-hybridized carbons (Fsp3) is 0.219. The van der Waals surface area contributed by atoms with Crippen molar-refractivity contribution in [2.24, 2.45) is 5.73 Å². The van der Waals surface area contributed by atoms with Crippen LogP contribution in [0.25, 0.3) is 0 Å². The topological polar surface area (TPSA) is 109 Å². The molecule has 1 amide bonds. The molecule has 3 rings (SSSR count). The van der Waals surface area contributed by atoms with Crippen LogP contribution in [0.5, 0.6) is 0 Å². The van der Waals surface area contributed by atoms with Crippen molar-refractivity contribution in [2.45, 2.75) is 40.3 Å². The quantitative estimate of drug-likeness (QED) is 0.141. The summed E-state index contributed by atoms with van der Waals surface area (Å²) in [5, 5.41) is 9.66. The molecule has 7 heteroatoms. The van der Waals surface area contributed by atoms with Crippen molar-refractivity contribution in [3.8, 4) is 0 Å². The Kier molecular flexibility index (Phi) is 13.5. The Labute approximate surface area is 231 Å². The highest BCUT2D eigenvalue weighted by Gasteiger charge is 2.10. The zero-order valence-electron chi connectivity index (χ0n) is 23.2. The van der Waals surface area contributed by atoms with Gasteiger partial charge in [0, 0.05) is 41.9 Å².